The molecule has 1 rings (SSSR count). The summed E-state index contributed by atoms with van der Waals surface area (Å²) in [6.07, 6.45) is 7.88. The van der Waals surface area contributed by atoms with Gasteiger partial charge in [0, 0.05) is 13.0 Å². The average molecular weight is 181 g/mol. The van der Waals surface area contributed by atoms with Crippen LogP contribution in [0.25, 0.3) is 0 Å². The molecule has 2 nitrogen and oxygen atoms in total. The molecule has 0 aromatic carbocycles. The van der Waals surface area contributed by atoms with Crippen LogP contribution in [-0.4, -0.2) is 11.9 Å². The van der Waals surface area contributed by atoms with E-state index in [0.29, 0.717) is 6.04 Å². The van der Waals surface area contributed by atoms with Crippen molar-refractivity contribution < 1.29 is 4.79 Å². The molecule has 1 aliphatic carbocycles. The summed E-state index contributed by atoms with van der Waals surface area (Å²) in [5.41, 5.74) is 0. The molecule has 0 aromatic heterocycles. The highest BCUT2D eigenvalue weighted by Crippen LogP contribution is 2.26. The molecule has 74 valence electrons. The van der Waals surface area contributed by atoms with Crippen LogP contribution in [0.4, 0.5) is 0 Å². The van der Waals surface area contributed by atoms with Crippen LogP contribution in [0.3, 0.4) is 0 Å². The van der Waals surface area contributed by atoms with Gasteiger partial charge in [0.05, 0.1) is 0 Å². The van der Waals surface area contributed by atoms with Crippen molar-refractivity contribution in [1.82, 2.24) is 5.32 Å². The molecule has 2 heteroatoms. The van der Waals surface area contributed by atoms with Crippen LogP contribution in [0.2, 0.25) is 0 Å². The summed E-state index contributed by atoms with van der Waals surface area (Å²) in [5.74, 6) is 0.912. The largest absolute Gasteiger partial charge is 0.354 e. The first-order valence-corrected chi connectivity index (χ1v) is 5.10. The first kappa shape index (κ1) is 10.3. The summed E-state index contributed by atoms with van der Waals surface area (Å²) in [5, 5.41) is 2.98. The van der Waals surface area contributed by atoms with E-state index in [9.17, 15) is 4.79 Å². The second-order valence-electron chi connectivity index (χ2n) is 3.94. The second kappa shape index (κ2) is 5.05. The van der Waals surface area contributed by atoms with Gasteiger partial charge in [-0.2, -0.15) is 0 Å². The third-order valence-electron chi connectivity index (χ3n) is 2.75. The molecule has 1 fully saturated rings. The summed E-state index contributed by atoms with van der Waals surface area (Å²) < 4.78 is 0. The topological polar surface area (TPSA) is 29.1 Å². The number of nitrogens with one attached hydrogen (secondary N) is 1. The van der Waals surface area contributed by atoms with Gasteiger partial charge in [-0.25, -0.2) is 0 Å². The summed E-state index contributed by atoms with van der Waals surface area (Å²) in [7, 11) is 0. The molecule has 0 bridgehead atoms. The van der Waals surface area contributed by atoms with E-state index in [0.717, 1.165) is 25.2 Å². The van der Waals surface area contributed by atoms with Gasteiger partial charge in [0.25, 0.3) is 0 Å². The van der Waals surface area contributed by atoms with Crippen LogP contribution in [0.5, 0.6) is 0 Å². The minimum Gasteiger partial charge on any atom is -0.354 e. The van der Waals surface area contributed by atoms with Crippen molar-refractivity contribution in [2.75, 3.05) is 0 Å². The molecule has 0 aliphatic heterocycles. The lowest BCUT2D eigenvalue weighted by molar-refractivity contribution is -0.119. The average Bonchev–Trinajstić information content (AvgIpc) is 2.08. The molecule has 0 heterocycles. The molecule has 1 amide bonds. The predicted octanol–water partition coefficient (Wildman–Crippen LogP) is 2.26. The number of allylic oxidation sites excluding steroid dienone is 1. The first-order chi connectivity index (χ1) is 6.22. The van der Waals surface area contributed by atoms with Crippen LogP contribution in [-0.2, 0) is 4.79 Å². The molecular formula is C11H19NO. The molecule has 0 saturated heterocycles. The van der Waals surface area contributed by atoms with E-state index >= 15 is 0 Å². The van der Waals surface area contributed by atoms with E-state index in [1.54, 1.807) is 6.92 Å². The van der Waals surface area contributed by atoms with Gasteiger partial charge in [0.1, 0.15) is 0 Å². The summed E-state index contributed by atoms with van der Waals surface area (Å²) in [6.45, 7) is 5.35. The Kier molecular flexibility index (Phi) is 4.00. The third kappa shape index (κ3) is 3.62. The highest BCUT2D eigenvalue weighted by molar-refractivity contribution is 5.73. The summed E-state index contributed by atoms with van der Waals surface area (Å²) in [4.78, 5) is 10.8. The van der Waals surface area contributed by atoms with Crippen LogP contribution in [0.1, 0.15) is 39.0 Å². The standard InChI is InChI=1S/C11H19NO/c1-3-4-10-5-7-11(8-6-10)12-9(2)13/h3,10-11H,1,4-8H2,2H3,(H,12,13). The van der Waals surface area contributed by atoms with Crippen molar-refractivity contribution in [1.29, 1.82) is 0 Å². The Bertz CT molecular complexity index is 181. The maximum atomic E-state index is 10.8. The number of rotatable bonds is 3. The van der Waals surface area contributed by atoms with E-state index in [2.05, 4.69) is 11.9 Å². The third-order valence-corrected chi connectivity index (χ3v) is 2.75. The molecule has 1 N–H and O–H groups in total. The molecule has 1 aliphatic rings. The van der Waals surface area contributed by atoms with Gasteiger partial charge in [0.2, 0.25) is 5.91 Å². The fourth-order valence-corrected chi connectivity index (χ4v) is 2.07. The Morgan fingerprint density at radius 1 is 1.46 bits per heavy atom. The van der Waals surface area contributed by atoms with Crippen molar-refractivity contribution in [2.24, 2.45) is 5.92 Å². The van der Waals surface area contributed by atoms with E-state index in [-0.39, 0.29) is 5.91 Å². The molecule has 0 atom stereocenters. The molecule has 1 saturated carbocycles. The van der Waals surface area contributed by atoms with Gasteiger partial charge in [-0.3, -0.25) is 4.79 Å². The zero-order valence-corrected chi connectivity index (χ0v) is 8.38. The minimum absolute atomic E-state index is 0.104. The summed E-state index contributed by atoms with van der Waals surface area (Å²) in [6, 6.07) is 0.429. The minimum atomic E-state index is 0.104. The lowest BCUT2D eigenvalue weighted by Gasteiger charge is -2.28. The quantitative estimate of drug-likeness (QED) is 0.665. The predicted molar refractivity (Wildman–Crippen MR) is 54.4 cm³/mol. The fourth-order valence-electron chi connectivity index (χ4n) is 2.07. The second-order valence-corrected chi connectivity index (χ2v) is 3.94. The van der Waals surface area contributed by atoms with Crippen LogP contribution >= 0.6 is 0 Å². The number of hydrogen-bond acceptors (Lipinski definition) is 1. The van der Waals surface area contributed by atoms with E-state index < -0.39 is 0 Å². The van der Waals surface area contributed by atoms with Crippen molar-refractivity contribution in [3.8, 4) is 0 Å². The SMILES string of the molecule is C=CCC1CCC(NC(C)=O)CC1. The number of amides is 1. The van der Waals surface area contributed by atoms with Crippen molar-refractivity contribution in [3.63, 3.8) is 0 Å². The van der Waals surface area contributed by atoms with Gasteiger partial charge in [-0.05, 0) is 38.0 Å². The molecule has 13 heavy (non-hydrogen) atoms. The first-order valence-electron chi connectivity index (χ1n) is 5.10. The Hall–Kier alpha value is -0.790. The lowest BCUT2D eigenvalue weighted by Crippen LogP contribution is -2.36. The van der Waals surface area contributed by atoms with Gasteiger partial charge in [-0.1, -0.05) is 6.08 Å². The molecule has 0 spiro atoms. The van der Waals surface area contributed by atoms with Crippen LogP contribution < -0.4 is 5.32 Å². The van der Waals surface area contributed by atoms with Crippen molar-refractivity contribution in [3.05, 3.63) is 12.7 Å². The van der Waals surface area contributed by atoms with Crippen LogP contribution in [0, 0.1) is 5.92 Å². The number of carbonyl (C=O) groups excluding carboxylic acids is 1. The van der Waals surface area contributed by atoms with Crippen molar-refractivity contribution in [2.45, 2.75) is 45.1 Å². The summed E-state index contributed by atoms with van der Waals surface area (Å²) >= 11 is 0. The maximum Gasteiger partial charge on any atom is 0.217 e. The van der Waals surface area contributed by atoms with Gasteiger partial charge in [0.15, 0.2) is 0 Å². The molecule has 0 radical (unpaired) electrons. The van der Waals surface area contributed by atoms with Gasteiger partial charge in [-0.15, -0.1) is 6.58 Å². The zero-order chi connectivity index (χ0) is 9.68. The molecular weight excluding hydrogens is 162 g/mol. The van der Waals surface area contributed by atoms with Gasteiger partial charge < -0.3 is 5.32 Å². The van der Waals surface area contributed by atoms with Crippen molar-refractivity contribution >= 4 is 5.91 Å². The number of hydrogen-bond donors (Lipinski definition) is 1. The lowest BCUT2D eigenvalue weighted by atomic mass is 9.84. The Morgan fingerprint density at radius 2 is 2.08 bits per heavy atom. The Labute approximate surface area is 80.4 Å². The number of carbonyl (C=O) groups is 1. The van der Waals surface area contributed by atoms with Gasteiger partial charge >= 0.3 is 0 Å². The normalized spacial score (nSPS) is 28.1. The highest BCUT2D eigenvalue weighted by atomic mass is 16.1. The molecule has 0 unspecified atom stereocenters. The monoisotopic (exact) mass is 181 g/mol. The van der Waals surface area contributed by atoms with E-state index in [1.807, 2.05) is 6.08 Å². The van der Waals surface area contributed by atoms with Crippen LogP contribution in [0.15, 0.2) is 12.7 Å². The molecule has 0 aromatic rings. The zero-order valence-electron chi connectivity index (χ0n) is 8.38. The Balaban J connectivity index is 2.22. The maximum absolute atomic E-state index is 10.8. The Morgan fingerprint density at radius 3 is 2.54 bits per heavy atom. The highest BCUT2D eigenvalue weighted by Gasteiger charge is 2.20. The van der Waals surface area contributed by atoms with E-state index in [4.69, 9.17) is 0 Å². The fraction of sp³-hybridized carbons (Fsp3) is 0.727. The van der Waals surface area contributed by atoms with E-state index in [1.165, 1.54) is 12.8 Å². The smallest absolute Gasteiger partial charge is 0.217 e.